The maximum absolute atomic E-state index is 8.67. The number of thioether (sulfide) groups is 1. The highest BCUT2D eigenvalue weighted by atomic mass is 79.9. The first-order valence-corrected chi connectivity index (χ1v) is 7.42. The number of nitrogens with two attached hydrogens (primary N) is 1. The molecular formula is C14H13BrN2OS. The van der Waals surface area contributed by atoms with Crippen molar-refractivity contribution in [1.29, 1.82) is 0 Å². The molecule has 0 atom stereocenters. The van der Waals surface area contributed by atoms with Crippen molar-refractivity contribution in [2.24, 2.45) is 10.9 Å². The van der Waals surface area contributed by atoms with Crippen molar-refractivity contribution in [1.82, 2.24) is 0 Å². The van der Waals surface area contributed by atoms with E-state index < -0.39 is 0 Å². The summed E-state index contributed by atoms with van der Waals surface area (Å²) in [5.74, 6) is 0.976. The van der Waals surface area contributed by atoms with E-state index in [0.717, 1.165) is 21.4 Å². The quantitative estimate of drug-likeness (QED) is 0.293. The fraction of sp³-hybridized carbons (Fsp3) is 0.0714. The van der Waals surface area contributed by atoms with Gasteiger partial charge in [-0.05, 0) is 35.9 Å². The van der Waals surface area contributed by atoms with Gasteiger partial charge in [0.1, 0.15) is 0 Å². The van der Waals surface area contributed by atoms with Crippen LogP contribution >= 0.6 is 27.7 Å². The molecule has 3 N–H and O–H groups in total. The maximum atomic E-state index is 8.67. The van der Waals surface area contributed by atoms with E-state index in [1.54, 1.807) is 11.8 Å². The highest BCUT2D eigenvalue weighted by molar-refractivity contribution is 9.10. The van der Waals surface area contributed by atoms with Crippen molar-refractivity contribution >= 4 is 33.5 Å². The van der Waals surface area contributed by atoms with Gasteiger partial charge >= 0.3 is 0 Å². The van der Waals surface area contributed by atoms with Gasteiger partial charge in [0.15, 0.2) is 5.84 Å². The van der Waals surface area contributed by atoms with Gasteiger partial charge in [0.05, 0.1) is 0 Å². The lowest BCUT2D eigenvalue weighted by atomic mass is 10.1. The van der Waals surface area contributed by atoms with E-state index >= 15 is 0 Å². The number of hydrogen-bond acceptors (Lipinski definition) is 3. The number of amidine groups is 1. The lowest BCUT2D eigenvalue weighted by Crippen LogP contribution is -2.13. The molecule has 2 rings (SSSR count). The predicted octanol–water partition coefficient (Wildman–Crippen LogP) is 3.84. The average Bonchev–Trinajstić information content (AvgIpc) is 2.46. The SMILES string of the molecule is N/C(=N\O)c1cccc(CSc2ccc(Br)cc2)c1. The summed E-state index contributed by atoms with van der Waals surface area (Å²) in [5, 5.41) is 11.7. The number of oxime groups is 1. The van der Waals surface area contributed by atoms with Crippen molar-refractivity contribution < 1.29 is 5.21 Å². The predicted molar refractivity (Wildman–Crippen MR) is 82.7 cm³/mol. The van der Waals surface area contributed by atoms with Crippen molar-refractivity contribution in [3.05, 3.63) is 64.1 Å². The number of rotatable bonds is 4. The maximum Gasteiger partial charge on any atom is 0.170 e. The molecule has 0 spiro atoms. The second kappa shape index (κ2) is 6.63. The van der Waals surface area contributed by atoms with Crippen LogP contribution in [0, 0.1) is 0 Å². The molecule has 19 heavy (non-hydrogen) atoms. The minimum absolute atomic E-state index is 0.135. The Bertz CT molecular complexity index is 584. The molecule has 0 heterocycles. The van der Waals surface area contributed by atoms with Crippen LogP contribution in [0.1, 0.15) is 11.1 Å². The van der Waals surface area contributed by atoms with Gasteiger partial charge in [-0.2, -0.15) is 0 Å². The summed E-state index contributed by atoms with van der Waals surface area (Å²) in [7, 11) is 0. The third kappa shape index (κ3) is 4.01. The lowest BCUT2D eigenvalue weighted by Gasteiger charge is -2.04. The van der Waals surface area contributed by atoms with Crippen molar-refractivity contribution in [3.63, 3.8) is 0 Å². The Balaban J connectivity index is 2.05. The van der Waals surface area contributed by atoms with Crippen LogP contribution in [0.25, 0.3) is 0 Å². The molecule has 2 aromatic rings. The van der Waals surface area contributed by atoms with Crippen LogP contribution in [0.4, 0.5) is 0 Å². The Morgan fingerprint density at radius 2 is 1.95 bits per heavy atom. The van der Waals surface area contributed by atoms with Crippen LogP contribution in [-0.4, -0.2) is 11.0 Å². The van der Waals surface area contributed by atoms with Gasteiger partial charge in [-0.15, -0.1) is 11.8 Å². The highest BCUT2D eigenvalue weighted by Gasteiger charge is 2.01. The zero-order valence-electron chi connectivity index (χ0n) is 10.1. The number of benzene rings is 2. The lowest BCUT2D eigenvalue weighted by molar-refractivity contribution is 0.318. The van der Waals surface area contributed by atoms with E-state index in [2.05, 4.69) is 33.2 Å². The molecular weight excluding hydrogens is 324 g/mol. The molecule has 2 aromatic carbocycles. The van der Waals surface area contributed by atoms with Crippen LogP contribution in [0.15, 0.2) is 63.1 Å². The largest absolute Gasteiger partial charge is 0.409 e. The molecule has 0 saturated carbocycles. The molecule has 0 aliphatic heterocycles. The van der Waals surface area contributed by atoms with Crippen LogP contribution in [0.5, 0.6) is 0 Å². The number of halogens is 1. The Morgan fingerprint density at radius 1 is 1.21 bits per heavy atom. The van der Waals surface area contributed by atoms with E-state index in [-0.39, 0.29) is 5.84 Å². The van der Waals surface area contributed by atoms with Crippen LogP contribution in [0.3, 0.4) is 0 Å². The molecule has 0 unspecified atom stereocenters. The van der Waals surface area contributed by atoms with Gasteiger partial charge in [-0.1, -0.05) is 39.3 Å². The minimum Gasteiger partial charge on any atom is -0.409 e. The fourth-order valence-corrected chi connectivity index (χ4v) is 2.68. The molecule has 3 nitrogen and oxygen atoms in total. The van der Waals surface area contributed by atoms with Gasteiger partial charge in [-0.25, -0.2) is 0 Å². The Morgan fingerprint density at radius 3 is 2.63 bits per heavy atom. The van der Waals surface area contributed by atoms with Gasteiger partial charge in [0.25, 0.3) is 0 Å². The first-order valence-electron chi connectivity index (χ1n) is 5.64. The van der Waals surface area contributed by atoms with E-state index in [4.69, 9.17) is 10.9 Å². The second-order valence-electron chi connectivity index (χ2n) is 3.93. The zero-order chi connectivity index (χ0) is 13.7. The summed E-state index contributed by atoms with van der Waals surface area (Å²) in [6.07, 6.45) is 0. The van der Waals surface area contributed by atoms with Crippen molar-refractivity contribution in [3.8, 4) is 0 Å². The van der Waals surface area contributed by atoms with E-state index in [0.29, 0.717) is 0 Å². The summed E-state index contributed by atoms with van der Waals surface area (Å²) in [5.41, 5.74) is 7.44. The summed E-state index contributed by atoms with van der Waals surface area (Å²) in [6.45, 7) is 0. The molecule has 5 heteroatoms. The number of hydrogen-bond donors (Lipinski definition) is 2. The van der Waals surface area contributed by atoms with E-state index in [9.17, 15) is 0 Å². The van der Waals surface area contributed by atoms with Gasteiger partial charge in [0.2, 0.25) is 0 Å². The Kier molecular flexibility index (Phi) is 4.87. The molecule has 0 bridgehead atoms. The van der Waals surface area contributed by atoms with Crippen molar-refractivity contribution in [2.45, 2.75) is 10.6 Å². The monoisotopic (exact) mass is 336 g/mol. The molecule has 0 radical (unpaired) electrons. The number of nitrogens with zero attached hydrogens (tertiary/aromatic N) is 1. The summed E-state index contributed by atoms with van der Waals surface area (Å²) in [4.78, 5) is 1.21. The van der Waals surface area contributed by atoms with E-state index in [1.165, 1.54) is 4.90 Å². The Labute approximate surface area is 124 Å². The van der Waals surface area contributed by atoms with E-state index in [1.807, 2.05) is 36.4 Å². The molecule has 98 valence electrons. The van der Waals surface area contributed by atoms with Gasteiger partial charge < -0.3 is 10.9 Å². The van der Waals surface area contributed by atoms with Crippen LogP contribution < -0.4 is 5.73 Å². The minimum atomic E-state index is 0.135. The van der Waals surface area contributed by atoms with Gasteiger partial charge in [-0.3, -0.25) is 0 Å². The molecule has 0 aliphatic rings. The summed E-state index contributed by atoms with van der Waals surface area (Å²) >= 11 is 5.16. The Hall–Kier alpha value is -1.46. The fourth-order valence-electron chi connectivity index (χ4n) is 1.58. The average molecular weight is 337 g/mol. The molecule has 0 aliphatic carbocycles. The zero-order valence-corrected chi connectivity index (χ0v) is 12.5. The topological polar surface area (TPSA) is 58.6 Å². The second-order valence-corrected chi connectivity index (χ2v) is 5.89. The smallest absolute Gasteiger partial charge is 0.170 e. The molecule has 0 fully saturated rings. The van der Waals surface area contributed by atoms with Crippen molar-refractivity contribution in [2.75, 3.05) is 0 Å². The summed E-state index contributed by atoms with van der Waals surface area (Å²) in [6, 6.07) is 15.9. The third-order valence-corrected chi connectivity index (χ3v) is 4.16. The standard InChI is InChI=1S/C14H13BrN2OS/c15-12-4-6-13(7-5-12)19-9-10-2-1-3-11(8-10)14(16)17-18/h1-8,18H,9H2,(H2,16,17). The highest BCUT2D eigenvalue weighted by Crippen LogP contribution is 2.24. The molecule has 0 aromatic heterocycles. The molecule has 0 saturated heterocycles. The van der Waals surface area contributed by atoms with Crippen LogP contribution in [-0.2, 0) is 5.75 Å². The van der Waals surface area contributed by atoms with Crippen LogP contribution in [0.2, 0.25) is 0 Å². The third-order valence-electron chi connectivity index (χ3n) is 2.55. The first kappa shape index (κ1) is 14.0. The van der Waals surface area contributed by atoms with Gasteiger partial charge in [0, 0.05) is 20.7 Å². The first-order chi connectivity index (χ1) is 9.19. The summed E-state index contributed by atoms with van der Waals surface area (Å²) < 4.78 is 1.07. The molecule has 0 amide bonds. The normalized spacial score (nSPS) is 11.5.